The Morgan fingerprint density at radius 3 is 2.78 bits per heavy atom. The summed E-state index contributed by atoms with van der Waals surface area (Å²) in [6.07, 6.45) is 1.49. The van der Waals surface area contributed by atoms with Crippen LogP contribution in [0, 0.1) is 5.92 Å². The van der Waals surface area contributed by atoms with Gasteiger partial charge >= 0.3 is 0 Å². The highest BCUT2D eigenvalue weighted by molar-refractivity contribution is 6.05. The zero-order valence-electron chi connectivity index (χ0n) is 10.6. The van der Waals surface area contributed by atoms with Gasteiger partial charge in [-0.2, -0.15) is 0 Å². The van der Waals surface area contributed by atoms with E-state index in [1.54, 1.807) is 0 Å². The van der Waals surface area contributed by atoms with E-state index in [0.717, 1.165) is 11.0 Å². The first-order valence-electron chi connectivity index (χ1n) is 6.10. The van der Waals surface area contributed by atoms with Gasteiger partial charge in [-0.1, -0.05) is 32.0 Å². The Hall–Kier alpha value is -1.81. The van der Waals surface area contributed by atoms with Crippen molar-refractivity contribution in [2.45, 2.75) is 19.9 Å². The molecule has 2 rings (SSSR count). The summed E-state index contributed by atoms with van der Waals surface area (Å²) in [6.45, 7) is 4.50. The van der Waals surface area contributed by atoms with Gasteiger partial charge in [0.25, 0.3) is 5.91 Å². The number of hydrogen-bond donors (Lipinski definition) is 2. The quantitative estimate of drug-likeness (QED) is 0.868. The van der Waals surface area contributed by atoms with Crippen LogP contribution < -0.4 is 11.1 Å². The molecule has 0 fully saturated rings. The fourth-order valence-corrected chi connectivity index (χ4v) is 1.90. The van der Waals surface area contributed by atoms with Crippen LogP contribution in [-0.4, -0.2) is 18.5 Å². The summed E-state index contributed by atoms with van der Waals surface area (Å²) in [4.78, 5) is 12.2. The highest BCUT2D eigenvalue weighted by Gasteiger charge is 2.18. The van der Waals surface area contributed by atoms with Gasteiger partial charge in [0.2, 0.25) is 0 Å². The van der Waals surface area contributed by atoms with Gasteiger partial charge in [-0.3, -0.25) is 4.79 Å². The number of furan rings is 1. The van der Waals surface area contributed by atoms with E-state index in [0.29, 0.717) is 18.0 Å². The Morgan fingerprint density at radius 1 is 1.39 bits per heavy atom. The lowest BCUT2D eigenvalue weighted by atomic mass is 10.0. The van der Waals surface area contributed by atoms with Crippen molar-refractivity contribution in [3.8, 4) is 0 Å². The Kier molecular flexibility index (Phi) is 3.67. The molecule has 0 aliphatic heterocycles. The summed E-state index contributed by atoms with van der Waals surface area (Å²) in [6, 6.07) is 7.46. The molecule has 0 aliphatic rings. The van der Waals surface area contributed by atoms with Gasteiger partial charge in [0, 0.05) is 18.0 Å². The summed E-state index contributed by atoms with van der Waals surface area (Å²) in [5.41, 5.74) is 6.93. The molecule has 0 saturated carbocycles. The van der Waals surface area contributed by atoms with Crippen molar-refractivity contribution in [2.75, 3.05) is 6.54 Å². The molecule has 4 nitrogen and oxygen atoms in total. The molecule has 1 heterocycles. The Balaban J connectivity index is 2.23. The minimum absolute atomic E-state index is 0.0221. The summed E-state index contributed by atoms with van der Waals surface area (Å²) in [5, 5.41) is 3.76. The maximum Gasteiger partial charge on any atom is 0.255 e. The van der Waals surface area contributed by atoms with E-state index in [2.05, 4.69) is 5.32 Å². The van der Waals surface area contributed by atoms with E-state index in [4.69, 9.17) is 10.2 Å². The number of carbonyl (C=O) groups is 1. The number of para-hydroxylation sites is 1. The van der Waals surface area contributed by atoms with E-state index in [-0.39, 0.29) is 11.9 Å². The molecule has 3 N–H and O–H groups in total. The molecular weight excluding hydrogens is 228 g/mol. The Bertz CT molecular complexity index is 545. The topological polar surface area (TPSA) is 68.3 Å². The molecule has 0 radical (unpaired) electrons. The van der Waals surface area contributed by atoms with Crippen molar-refractivity contribution < 1.29 is 9.21 Å². The molecule has 0 aliphatic carbocycles. The third kappa shape index (κ3) is 2.38. The highest BCUT2D eigenvalue weighted by atomic mass is 16.3. The minimum atomic E-state index is -0.135. The molecule has 0 spiro atoms. The third-order valence-corrected chi connectivity index (χ3v) is 3.10. The normalized spacial score (nSPS) is 12.9. The van der Waals surface area contributed by atoms with Gasteiger partial charge < -0.3 is 15.5 Å². The first-order chi connectivity index (χ1) is 8.63. The number of carbonyl (C=O) groups excluding carboxylic acids is 1. The second-order valence-corrected chi connectivity index (χ2v) is 4.71. The predicted molar refractivity (Wildman–Crippen MR) is 71.4 cm³/mol. The standard InChI is InChI=1S/C14H18N2O2/c1-9(2)12(7-15)16-14(17)11-8-18-13-6-4-3-5-10(11)13/h3-6,8-9,12H,7,15H2,1-2H3,(H,16,17). The van der Waals surface area contributed by atoms with Crippen molar-refractivity contribution in [2.24, 2.45) is 11.7 Å². The van der Waals surface area contributed by atoms with E-state index in [9.17, 15) is 4.79 Å². The Morgan fingerprint density at radius 2 is 2.11 bits per heavy atom. The Labute approximate surface area is 106 Å². The second-order valence-electron chi connectivity index (χ2n) is 4.71. The van der Waals surface area contributed by atoms with Crippen LogP contribution >= 0.6 is 0 Å². The number of hydrogen-bond acceptors (Lipinski definition) is 3. The van der Waals surface area contributed by atoms with E-state index < -0.39 is 0 Å². The SMILES string of the molecule is CC(C)C(CN)NC(=O)c1coc2ccccc12. The number of benzene rings is 1. The van der Waals surface area contributed by atoms with Crippen LogP contribution in [-0.2, 0) is 0 Å². The number of nitrogens with two attached hydrogens (primary N) is 1. The van der Waals surface area contributed by atoms with Gasteiger partial charge in [-0.15, -0.1) is 0 Å². The number of amides is 1. The maximum atomic E-state index is 12.2. The van der Waals surface area contributed by atoms with Crippen molar-refractivity contribution in [3.05, 3.63) is 36.1 Å². The van der Waals surface area contributed by atoms with E-state index >= 15 is 0 Å². The van der Waals surface area contributed by atoms with Crippen LogP contribution in [0.15, 0.2) is 34.9 Å². The predicted octanol–water partition coefficient (Wildman–Crippen LogP) is 2.15. The molecule has 4 heteroatoms. The fourth-order valence-electron chi connectivity index (χ4n) is 1.90. The lowest BCUT2D eigenvalue weighted by molar-refractivity contribution is 0.0928. The van der Waals surface area contributed by atoms with Crippen LogP contribution in [0.4, 0.5) is 0 Å². The van der Waals surface area contributed by atoms with Crippen molar-refractivity contribution in [3.63, 3.8) is 0 Å². The molecule has 1 aromatic heterocycles. The molecule has 18 heavy (non-hydrogen) atoms. The first-order valence-corrected chi connectivity index (χ1v) is 6.10. The lowest BCUT2D eigenvalue weighted by Crippen LogP contribution is -2.43. The zero-order chi connectivity index (χ0) is 13.1. The molecule has 1 amide bonds. The van der Waals surface area contributed by atoms with Crippen LogP contribution in [0.5, 0.6) is 0 Å². The summed E-state index contributed by atoms with van der Waals surface area (Å²) >= 11 is 0. The molecule has 0 bridgehead atoms. The number of nitrogens with one attached hydrogen (secondary N) is 1. The smallest absolute Gasteiger partial charge is 0.255 e. The lowest BCUT2D eigenvalue weighted by Gasteiger charge is -2.20. The van der Waals surface area contributed by atoms with Crippen molar-refractivity contribution in [1.29, 1.82) is 0 Å². The molecule has 2 aromatic rings. The van der Waals surface area contributed by atoms with Crippen LogP contribution in [0.25, 0.3) is 11.0 Å². The molecule has 1 atom stereocenters. The van der Waals surface area contributed by atoms with Crippen molar-refractivity contribution in [1.82, 2.24) is 5.32 Å². The number of rotatable bonds is 4. The van der Waals surface area contributed by atoms with Gasteiger partial charge in [-0.05, 0) is 12.0 Å². The molecule has 1 unspecified atom stereocenters. The van der Waals surface area contributed by atoms with Crippen LogP contribution in [0.3, 0.4) is 0 Å². The summed E-state index contributed by atoms with van der Waals surface area (Å²) < 4.78 is 5.35. The largest absolute Gasteiger partial charge is 0.463 e. The monoisotopic (exact) mass is 246 g/mol. The van der Waals surface area contributed by atoms with Gasteiger partial charge in [0.15, 0.2) is 0 Å². The van der Waals surface area contributed by atoms with E-state index in [1.165, 1.54) is 6.26 Å². The van der Waals surface area contributed by atoms with Crippen LogP contribution in [0.2, 0.25) is 0 Å². The molecule has 0 saturated heterocycles. The van der Waals surface area contributed by atoms with Crippen LogP contribution in [0.1, 0.15) is 24.2 Å². The summed E-state index contributed by atoms with van der Waals surface area (Å²) in [5.74, 6) is 0.168. The van der Waals surface area contributed by atoms with Gasteiger partial charge in [0.1, 0.15) is 11.8 Å². The average Bonchev–Trinajstić information content (AvgIpc) is 2.79. The highest BCUT2D eigenvalue weighted by Crippen LogP contribution is 2.20. The minimum Gasteiger partial charge on any atom is -0.463 e. The molecular formula is C14H18N2O2. The molecule has 96 valence electrons. The fraction of sp³-hybridized carbons (Fsp3) is 0.357. The average molecular weight is 246 g/mol. The zero-order valence-corrected chi connectivity index (χ0v) is 10.6. The summed E-state index contributed by atoms with van der Waals surface area (Å²) in [7, 11) is 0. The van der Waals surface area contributed by atoms with Gasteiger partial charge in [0.05, 0.1) is 5.56 Å². The first kappa shape index (κ1) is 12.6. The van der Waals surface area contributed by atoms with Gasteiger partial charge in [-0.25, -0.2) is 0 Å². The van der Waals surface area contributed by atoms with E-state index in [1.807, 2.05) is 38.1 Å². The molecule has 1 aromatic carbocycles. The third-order valence-electron chi connectivity index (χ3n) is 3.10. The maximum absolute atomic E-state index is 12.2. The van der Waals surface area contributed by atoms with Crippen molar-refractivity contribution >= 4 is 16.9 Å². The number of fused-ring (bicyclic) bond motifs is 1. The second kappa shape index (κ2) is 5.23.